The Kier molecular flexibility index (Phi) is 4.32. The summed E-state index contributed by atoms with van der Waals surface area (Å²) in [5, 5.41) is 3.56. The second-order valence-corrected chi connectivity index (χ2v) is 6.36. The number of amides is 1. The maximum atomic E-state index is 12.4. The Morgan fingerprint density at radius 1 is 1.00 bits per heavy atom. The summed E-state index contributed by atoms with van der Waals surface area (Å²) < 4.78 is 5.74. The molecule has 5 nitrogen and oxygen atoms in total. The van der Waals surface area contributed by atoms with Crippen LogP contribution in [-0.4, -0.2) is 15.9 Å². The van der Waals surface area contributed by atoms with Crippen molar-refractivity contribution < 1.29 is 9.21 Å². The lowest BCUT2D eigenvalue weighted by atomic mass is 10.2. The van der Waals surface area contributed by atoms with E-state index in [9.17, 15) is 4.79 Å². The summed E-state index contributed by atoms with van der Waals surface area (Å²) in [5.74, 6) is 0.137. The van der Waals surface area contributed by atoms with Crippen molar-refractivity contribution in [3.8, 4) is 11.5 Å². The summed E-state index contributed by atoms with van der Waals surface area (Å²) in [6.07, 6.45) is 3.34. The Hall–Kier alpha value is -2.89. The van der Waals surface area contributed by atoms with Crippen LogP contribution in [-0.2, 0) is 0 Å². The van der Waals surface area contributed by atoms with Crippen molar-refractivity contribution >= 4 is 45.9 Å². The number of nitrogens with one attached hydrogen (secondary N) is 1. The van der Waals surface area contributed by atoms with Crippen molar-refractivity contribution in [1.29, 1.82) is 0 Å². The number of aromatic nitrogens is 2. The zero-order chi connectivity index (χ0) is 18.1. The fourth-order valence-electron chi connectivity index (χ4n) is 2.49. The lowest BCUT2D eigenvalue weighted by Gasteiger charge is -2.07. The van der Waals surface area contributed by atoms with Crippen LogP contribution in [0.25, 0.3) is 22.6 Å². The number of oxazole rings is 1. The second kappa shape index (κ2) is 6.78. The predicted octanol–water partition coefficient (Wildman–Crippen LogP) is 5.45. The van der Waals surface area contributed by atoms with E-state index in [0.29, 0.717) is 38.3 Å². The Labute approximate surface area is 158 Å². The Balaban J connectivity index is 1.63. The Bertz CT molecular complexity index is 1110. The number of carbonyl (C=O) groups is 1. The first kappa shape index (κ1) is 16.6. The topological polar surface area (TPSA) is 68.0 Å². The summed E-state index contributed by atoms with van der Waals surface area (Å²) in [4.78, 5) is 20.9. The summed E-state index contributed by atoms with van der Waals surface area (Å²) >= 11 is 12.0. The van der Waals surface area contributed by atoms with Crippen molar-refractivity contribution in [2.45, 2.75) is 0 Å². The van der Waals surface area contributed by atoms with E-state index >= 15 is 0 Å². The van der Waals surface area contributed by atoms with Crippen LogP contribution in [0.5, 0.6) is 0 Å². The van der Waals surface area contributed by atoms with Crippen LogP contribution in [0.3, 0.4) is 0 Å². The number of benzene rings is 2. The summed E-state index contributed by atoms with van der Waals surface area (Å²) in [7, 11) is 0. The number of anilines is 1. The second-order valence-electron chi connectivity index (χ2n) is 5.52. The van der Waals surface area contributed by atoms with Crippen LogP contribution < -0.4 is 5.32 Å². The first-order chi connectivity index (χ1) is 12.6. The highest BCUT2D eigenvalue weighted by molar-refractivity contribution is 6.36. The van der Waals surface area contributed by atoms with E-state index in [1.807, 2.05) is 12.1 Å². The van der Waals surface area contributed by atoms with E-state index < -0.39 is 0 Å². The molecule has 0 radical (unpaired) electrons. The molecule has 0 aliphatic carbocycles. The quantitative estimate of drug-likeness (QED) is 0.510. The molecule has 0 saturated carbocycles. The monoisotopic (exact) mass is 383 g/mol. The largest absolute Gasteiger partial charge is 0.436 e. The molecule has 2 aromatic heterocycles. The molecule has 128 valence electrons. The fourth-order valence-corrected chi connectivity index (χ4v) is 2.87. The molecule has 0 aliphatic rings. The van der Waals surface area contributed by atoms with Crippen molar-refractivity contribution in [3.63, 3.8) is 0 Å². The number of fused-ring (bicyclic) bond motifs is 1. The zero-order valence-corrected chi connectivity index (χ0v) is 14.8. The van der Waals surface area contributed by atoms with Gasteiger partial charge in [-0.2, -0.15) is 0 Å². The normalized spacial score (nSPS) is 10.8. The van der Waals surface area contributed by atoms with Gasteiger partial charge in [-0.25, -0.2) is 4.98 Å². The lowest BCUT2D eigenvalue weighted by molar-refractivity contribution is 0.102. The van der Waals surface area contributed by atoms with E-state index in [2.05, 4.69) is 15.3 Å². The summed E-state index contributed by atoms with van der Waals surface area (Å²) in [6.45, 7) is 0. The third-order valence-corrected chi connectivity index (χ3v) is 4.31. The zero-order valence-electron chi connectivity index (χ0n) is 13.2. The molecule has 1 N–H and O–H groups in total. The van der Waals surface area contributed by atoms with E-state index in [1.54, 1.807) is 42.7 Å². The summed E-state index contributed by atoms with van der Waals surface area (Å²) in [5.41, 5.74) is 2.96. The molecule has 2 heterocycles. The van der Waals surface area contributed by atoms with Gasteiger partial charge >= 0.3 is 0 Å². The molecule has 0 saturated heterocycles. The molecule has 0 fully saturated rings. The van der Waals surface area contributed by atoms with Crippen LogP contribution in [0.4, 0.5) is 5.69 Å². The molecule has 0 aliphatic heterocycles. The molecule has 0 atom stereocenters. The minimum absolute atomic E-state index is 0.303. The van der Waals surface area contributed by atoms with Gasteiger partial charge in [0, 0.05) is 28.7 Å². The Morgan fingerprint density at radius 3 is 2.62 bits per heavy atom. The SMILES string of the molecule is O=C(Nc1ccc2oc(-c3ccncc3)nc2c1)c1cc(Cl)ccc1Cl. The van der Waals surface area contributed by atoms with Crippen LogP contribution in [0, 0.1) is 0 Å². The van der Waals surface area contributed by atoms with Gasteiger partial charge in [-0.15, -0.1) is 0 Å². The highest BCUT2D eigenvalue weighted by Crippen LogP contribution is 2.27. The van der Waals surface area contributed by atoms with Gasteiger partial charge in [-0.1, -0.05) is 23.2 Å². The number of nitrogens with zero attached hydrogens (tertiary/aromatic N) is 2. The average molecular weight is 384 g/mol. The minimum atomic E-state index is -0.352. The van der Waals surface area contributed by atoms with Gasteiger partial charge in [0.1, 0.15) is 5.52 Å². The molecule has 0 unspecified atom stereocenters. The van der Waals surface area contributed by atoms with E-state index in [-0.39, 0.29) is 5.91 Å². The van der Waals surface area contributed by atoms with E-state index in [0.717, 1.165) is 5.56 Å². The van der Waals surface area contributed by atoms with Crippen molar-refractivity contribution in [1.82, 2.24) is 9.97 Å². The molecule has 0 bridgehead atoms. The first-order valence-electron chi connectivity index (χ1n) is 7.67. The minimum Gasteiger partial charge on any atom is -0.436 e. The standard InChI is InChI=1S/C19H11Cl2N3O2/c20-12-1-3-15(21)14(9-12)18(25)23-13-2-4-17-16(10-13)24-19(26-17)11-5-7-22-8-6-11/h1-10H,(H,23,25). The van der Waals surface area contributed by atoms with Gasteiger partial charge < -0.3 is 9.73 Å². The lowest BCUT2D eigenvalue weighted by Crippen LogP contribution is -2.12. The fraction of sp³-hybridized carbons (Fsp3) is 0. The van der Waals surface area contributed by atoms with Crippen molar-refractivity contribution in [2.75, 3.05) is 5.32 Å². The van der Waals surface area contributed by atoms with Gasteiger partial charge in [0.05, 0.1) is 10.6 Å². The van der Waals surface area contributed by atoms with Crippen LogP contribution >= 0.6 is 23.2 Å². The van der Waals surface area contributed by atoms with Crippen LogP contribution in [0.15, 0.2) is 65.3 Å². The third-order valence-electron chi connectivity index (χ3n) is 3.75. The maximum Gasteiger partial charge on any atom is 0.257 e. The molecule has 26 heavy (non-hydrogen) atoms. The number of halogens is 2. The highest BCUT2D eigenvalue weighted by Gasteiger charge is 2.13. The maximum absolute atomic E-state index is 12.4. The van der Waals surface area contributed by atoms with Crippen molar-refractivity contribution in [3.05, 3.63) is 76.5 Å². The number of hydrogen-bond acceptors (Lipinski definition) is 4. The molecule has 4 rings (SSSR count). The average Bonchev–Trinajstić information content (AvgIpc) is 3.08. The van der Waals surface area contributed by atoms with Gasteiger partial charge in [0.15, 0.2) is 5.58 Å². The van der Waals surface area contributed by atoms with Gasteiger partial charge in [-0.05, 0) is 48.5 Å². The number of hydrogen-bond donors (Lipinski definition) is 1. The van der Waals surface area contributed by atoms with E-state index in [4.69, 9.17) is 27.6 Å². The molecule has 4 aromatic rings. The van der Waals surface area contributed by atoms with Crippen LogP contribution in [0.1, 0.15) is 10.4 Å². The van der Waals surface area contributed by atoms with Gasteiger partial charge in [0.2, 0.25) is 5.89 Å². The van der Waals surface area contributed by atoms with E-state index in [1.165, 1.54) is 6.07 Å². The summed E-state index contributed by atoms with van der Waals surface area (Å²) in [6, 6.07) is 13.6. The highest BCUT2D eigenvalue weighted by atomic mass is 35.5. The molecular weight excluding hydrogens is 373 g/mol. The number of carbonyl (C=O) groups excluding carboxylic acids is 1. The predicted molar refractivity (Wildman–Crippen MR) is 102 cm³/mol. The number of pyridine rings is 1. The molecule has 7 heteroatoms. The smallest absolute Gasteiger partial charge is 0.257 e. The van der Waals surface area contributed by atoms with Crippen LogP contribution in [0.2, 0.25) is 10.0 Å². The first-order valence-corrected chi connectivity index (χ1v) is 8.43. The molecule has 0 spiro atoms. The molecular formula is C19H11Cl2N3O2. The molecule has 2 aromatic carbocycles. The Morgan fingerprint density at radius 2 is 1.81 bits per heavy atom. The van der Waals surface area contributed by atoms with Gasteiger partial charge in [-0.3, -0.25) is 9.78 Å². The third kappa shape index (κ3) is 3.27. The van der Waals surface area contributed by atoms with Crippen molar-refractivity contribution in [2.24, 2.45) is 0 Å². The number of rotatable bonds is 3. The molecule has 1 amide bonds. The van der Waals surface area contributed by atoms with Gasteiger partial charge in [0.25, 0.3) is 5.91 Å².